The van der Waals surface area contributed by atoms with E-state index in [2.05, 4.69) is 15.3 Å². The average molecular weight is 286 g/mol. The van der Waals surface area contributed by atoms with Gasteiger partial charge in [0.15, 0.2) is 5.13 Å². The third kappa shape index (κ3) is 2.94. The highest BCUT2D eigenvalue weighted by molar-refractivity contribution is 7.13. The van der Waals surface area contributed by atoms with Gasteiger partial charge in [0, 0.05) is 16.5 Å². The van der Waals surface area contributed by atoms with Crippen molar-refractivity contribution < 1.29 is 9.90 Å². The number of anilines is 1. The van der Waals surface area contributed by atoms with Crippen molar-refractivity contribution in [1.29, 1.82) is 0 Å². The summed E-state index contributed by atoms with van der Waals surface area (Å²) < 4.78 is 0. The molecule has 0 saturated carbocycles. The number of carboxylic acids is 1. The van der Waals surface area contributed by atoms with Crippen LogP contribution in [0.1, 0.15) is 17.4 Å². The molecule has 0 aliphatic rings. The summed E-state index contributed by atoms with van der Waals surface area (Å²) in [7, 11) is 0. The van der Waals surface area contributed by atoms with Crippen LogP contribution in [0.4, 0.5) is 5.13 Å². The molecule has 0 aromatic carbocycles. The average Bonchev–Trinajstić information content (AvgIpc) is 2.94. The fourth-order valence-corrected chi connectivity index (χ4v) is 2.53. The molecule has 2 aromatic rings. The van der Waals surface area contributed by atoms with Crippen molar-refractivity contribution in [2.24, 2.45) is 5.73 Å². The number of thiazole rings is 2. The first-order valence-electron chi connectivity index (χ1n) is 4.90. The predicted octanol–water partition coefficient (Wildman–Crippen LogP) is 0.589. The van der Waals surface area contributed by atoms with E-state index in [4.69, 9.17) is 10.8 Å². The lowest BCUT2D eigenvalue weighted by Crippen LogP contribution is -2.20. The molecule has 0 amide bonds. The number of hydrogen-bond donors (Lipinski definition) is 4. The number of nitrogens with one attached hydrogen (secondary N) is 2. The van der Waals surface area contributed by atoms with Crippen molar-refractivity contribution in [3.05, 3.63) is 31.8 Å². The predicted molar refractivity (Wildman–Crippen MR) is 68.9 cm³/mol. The standard InChI is InChI=1S/C9H10N4O3S2/c10-6(7(14)15)5-3-17-8(13-5)11-1-4-2-18-9(16)12-4/h2-3,6H,1,10H2,(H,11,13)(H,12,16)(H,14,15). The summed E-state index contributed by atoms with van der Waals surface area (Å²) in [5.41, 5.74) is 6.50. The molecule has 1 unspecified atom stereocenters. The topological polar surface area (TPSA) is 121 Å². The molecule has 1 atom stereocenters. The van der Waals surface area contributed by atoms with Crippen LogP contribution in [0.3, 0.4) is 0 Å². The molecule has 96 valence electrons. The highest BCUT2D eigenvalue weighted by Crippen LogP contribution is 2.20. The molecular weight excluding hydrogens is 276 g/mol. The van der Waals surface area contributed by atoms with Crippen molar-refractivity contribution in [2.45, 2.75) is 12.6 Å². The summed E-state index contributed by atoms with van der Waals surface area (Å²) in [5, 5.41) is 15.6. The molecule has 2 rings (SSSR count). The van der Waals surface area contributed by atoms with E-state index < -0.39 is 12.0 Å². The zero-order valence-electron chi connectivity index (χ0n) is 9.04. The van der Waals surface area contributed by atoms with Gasteiger partial charge in [-0.1, -0.05) is 11.3 Å². The number of nitrogens with zero attached hydrogens (tertiary/aromatic N) is 1. The lowest BCUT2D eigenvalue weighted by Gasteiger charge is -2.01. The molecule has 0 aliphatic carbocycles. The van der Waals surface area contributed by atoms with Crippen molar-refractivity contribution in [3.8, 4) is 0 Å². The molecule has 7 nitrogen and oxygen atoms in total. The molecule has 2 aromatic heterocycles. The number of carbonyl (C=O) groups is 1. The van der Waals surface area contributed by atoms with E-state index in [-0.39, 0.29) is 4.87 Å². The number of rotatable bonds is 5. The first-order chi connectivity index (χ1) is 8.56. The summed E-state index contributed by atoms with van der Waals surface area (Å²) in [6, 6.07) is -1.11. The Morgan fingerprint density at radius 1 is 1.56 bits per heavy atom. The minimum atomic E-state index is -1.12. The van der Waals surface area contributed by atoms with Crippen LogP contribution in [0, 0.1) is 0 Å². The van der Waals surface area contributed by atoms with Gasteiger partial charge < -0.3 is 21.1 Å². The number of H-pyrrole nitrogens is 1. The number of nitrogens with two attached hydrogens (primary N) is 1. The second kappa shape index (κ2) is 5.29. The van der Waals surface area contributed by atoms with Gasteiger partial charge in [-0.2, -0.15) is 0 Å². The van der Waals surface area contributed by atoms with E-state index in [1.165, 1.54) is 11.3 Å². The third-order valence-corrected chi connectivity index (χ3v) is 3.64. The molecule has 5 N–H and O–H groups in total. The molecule has 0 fully saturated rings. The zero-order valence-corrected chi connectivity index (χ0v) is 10.7. The Balaban J connectivity index is 1.98. The zero-order chi connectivity index (χ0) is 13.1. The van der Waals surface area contributed by atoms with Crippen LogP contribution in [0.15, 0.2) is 15.6 Å². The quantitative estimate of drug-likeness (QED) is 0.638. The summed E-state index contributed by atoms with van der Waals surface area (Å²) in [6.07, 6.45) is 0. The highest BCUT2D eigenvalue weighted by Gasteiger charge is 2.17. The fourth-order valence-electron chi connectivity index (χ4n) is 1.21. The Morgan fingerprint density at radius 2 is 2.33 bits per heavy atom. The summed E-state index contributed by atoms with van der Waals surface area (Å²) in [4.78, 5) is 28.2. The molecular formula is C9H10N4O3S2. The van der Waals surface area contributed by atoms with Crippen molar-refractivity contribution in [1.82, 2.24) is 9.97 Å². The van der Waals surface area contributed by atoms with Gasteiger partial charge in [-0.25, -0.2) is 4.98 Å². The van der Waals surface area contributed by atoms with Gasteiger partial charge in [0.2, 0.25) is 0 Å². The largest absolute Gasteiger partial charge is 0.480 e. The van der Waals surface area contributed by atoms with E-state index in [0.29, 0.717) is 17.4 Å². The van der Waals surface area contributed by atoms with Crippen molar-refractivity contribution in [3.63, 3.8) is 0 Å². The van der Waals surface area contributed by atoms with Gasteiger partial charge in [-0.3, -0.25) is 9.59 Å². The molecule has 0 aliphatic heterocycles. The summed E-state index contributed by atoms with van der Waals surface area (Å²) in [5.74, 6) is -1.12. The first kappa shape index (κ1) is 12.7. The minimum Gasteiger partial charge on any atom is -0.480 e. The van der Waals surface area contributed by atoms with Crippen LogP contribution in [-0.2, 0) is 11.3 Å². The normalized spacial score (nSPS) is 12.3. The molecule has 2 heterocycles. The number of aromatic nitrogens is 2. The van der Waals surface area contributed by atoms with E-state index in [1.54, 1.807) is 10.8 Å². The van der Waals surface area contributed by atoms with Gasteiger partial charge in [0.25, 0.3) is 0 Å². The second-order valence-corrected chi connectivity index (χ2v) is 5.12. The lowest BCUT2D eigenvalue weighted by atomic mass is 10.2. The Hall–Kier alpha value is -1.71. The molecule has 0 bridgehead atoms. The molecule has 0 radical (unpaired) electrons. The Morgan fingerprint density at radius 3 is 2.94 bits per heavy atom. The van der Waals surface area contributed by atoms with Crippen LogP contribution in [-0.4, -0.2) is 21.0 Å². The molecule has 0 saturated heterocycles. The van der Waals surface area contributed by atoms with Crippen LogP contribution >= 0.6 is 22.7 Å². The maximum absolute atomic E-state index is 10.9. The Labute approximate surface area is 109 Å². The SMILES string of the molecule is NC(C(=O)O)c1csc(NCc2csc(=O)[nH]2)n1. The van der Waals surface area contributed by atoms with E-state index in [0.717, 1.165) is 17.0 Å². The summed E-state index contributed by atoms with van der Waals surface area (Å²) >= 11 is 2.35. The minimum absolute atomic E-state index is 0.112. The maximum Gasteiger partial charge on any atom is 0.326 e. The number of hydrogen-bond acceptors (Lipinski definition) is 7. The van der Waals surface area contributed by atoms with Crippen LogP contribution in [0.2, 0.25) is 0 Å². The Bertz CT molecular complexity index is 603. The lowest BCUT2D eigenvalue weighted by molar-refractivity contribution is -0.138. The number of carboxylic acid groups (broad SMARTS) is 1. The monoisotopic (exact) mass is 286 g/mol. The molecule has 9 heteroatoms. The smallest absolute Gasteiger partial charge is 0.326 e. The highest BCUT2D eigenvalue weighted by atomic mass is 32.1. The number of aliphatic carboxylic acids is 1. The molecule has 0 spiro atoms. The summed E-state index contributed by atoms with van der Waals surface area (Å²) in [6.45, 7) is 0.425. The second-order valence-electron chi connectivity index (χ2n) is 3.42. The Kier molecular flexibility index (Phi) is 3.75. The van der Waals surface area contributed by atoms with Crippen molar-refractivity contribution >= 4 is 33.8 Å². The molecule has 18 heavy (non-hydrogen) atoms. The fraction of sp³-hybridized carbons (Fsp3) is 0.222. The number of aromatic amines is 1. The van der Waals surface area contributed by atoms with Crippen LogP contribution in [0.5, 0.6) is 0 Å². The van der Waals surface area contributed by atoms with Gasteiger partial charge >= 0.3 is 10.8 Å². The van der Waals surface area contributed by atoms with Crippen LogP contribution < -0.4 is 15.9 Å². The van der Waals surface area contributed by atoms with E-state index in [9.17, 15) is 9.59 Å². The van der Waals surface area contributed by atoms with Gasteiger partial charge in [0.05, 0.1) is 12.2 Å². The van der Waals surface area contributed by atoms with Crippen LogP contribution in [0.25, 0.3) is 0 Å². The first-order valence-corrected chi connectivity index (χ1v) is 6.66. The maximum atomic E-state index is 10.9. The van der Waals surface area contributed by atoms with E-state index >= 15 is 0 Å². The third-order valence-electron chi connectivity index (χ3n) is 2.11. The van der Waals surface area contributed by atoms with E-state index in [1.807, 2.05) is 0 Å². The van der Waals surface area contributed by atoms with Gasteiger partial charge in [-0.15, -0.1) is 11.3 Å². The van der Waals surface area contributed by atoms with Gasteiger partial charge in [0.1, 0.15) is 6.04 Å². The van der Waals surface area contributed by atoms with Gasteiger partial charge in [-0.05, 0) is 0 Å². The van der Waals surface area contributed by atoms with Crippen molar-refractivity contribution in [2.75, 3.05) is 5.32 Å².